The molecule has 19 heavy (non-hydrogen) atoms. The Morgan fingerprint density at radius 3 is 2.63 bits per heavy atom. The highest BCUT2D eigenvalue weighted by Gasteiger charge is 2.10. The fourth-order valence-electron chi connectivity index (χ4n) is 2.03. The average molecular weight is 265 g/mol. The Kier molecular flexibility index (Phi) is 7.53. The van der Waals surface area contributed by atoms with Crippen LogP contribution < -0.4 is 10.5 Å². The third-order valence-electron chi connectivity index (χ3n) is 3.29. The molecule has 0 bridgehead atoms. The molecule has 0 heterocycles. The highest BCUT2D eigenvalue weighted by molar-refractivity contribution is 5.41. The first-order valence-corrected chi connectivity index (χ1v) is 7.14. The van der Waals surface area contributed by atoms with Crippen LogP contribution in [-0.2, 0) is 11.2 Å². The van der Waals surface area contributed by atoms with Crippen LogP contribution in [0.3, 0.4) is 0 Å². The van der Waals surface area contributed by atoms with E-state index < -0.39 is 0 Å². The number of hydrogen-bond acceptors (Lipinski definition) is 3. The molecule has 0 saturated heterocycles. The summed E-state index contributed by atoms with van der Waals surface area (Å²) in [5.74, 6) is 1.02. The topological polar surface area (TPSA) is 44.5 Å². The van der Waals surface area contributed by atoms with Crippen molar-refractivity contribution < 1.29 is 9.47 Å². The number of nitrogens with two attached hydrogens (primary N) is 1. The zero-order valence-corrected chi connectivity index (χ0v) is 12.4. The van der Waals surface area contributed by atoms with Crippen molar-refractivity contribution in [2.24, 2.45) is 5.73 Å². The van der Waals surface area contributed by atoms with Gasteiger partial charge >= 0.3 is 0 Å². The maximum Gasteiger partial charge on any atom is 0.125 e. The molecule has 0 radical (unpaired) electrons. The van der Waals surface area contributed by atoms with E-state index in [-0.39, 0.29) is 6.04 Å². The minimum Gasteiger partial charge on any atom is -0.493 e. The molecule has 0 aliphatic rings. The molecule has 0 aliphatic heterocycles. The molecule has 0 aromatic heterocycles. The second kappa shape index (κ2) is 8.94. The van der Waals surface area contributed by atoms with Crippen LogP contribution in [0.2, 0.25) is 0 Å². The molecule has 0 aliphatic carbocycles. The van der Waals surface area contributed by atoms with Gasteiger partial charge in [0.1, 0.15) is 5.75 Å². The zero-order chi connectivity index (χ0) is 14.1. The fourth-order valence-corrected chi connectivity index (χ4v) is 2.03. The highest BCUT2D eigenvalue weighted by Crippen LogP contribution is 2.25. The van der Waals surface area contributed by atoms with Crippen LogP contribution in [0.15, 0.2) is 18.2 Å². The van der Waals surface area contributed by atoms with Crippen molar-refractivity contribution in [3.63, 3.8) is 0 Å². The van der Waals surface area contributed by atoms with Crippen molar-refractivity contribution >= 4 is 0 Å². The second-order valence-electron chi connectivity index (χ2n) is 4.98. The molecule has 0 fully saturated rings. The van der Waals surface area contributed by atoms with E-state index in [0.717, 1.165) is 44.6 Å². The Hall–Kier alpha value is -1.06. The van der Waals surface area contributed by atoms with Gasteiger partial charge in [0.25, 0.3) is 0 Å². The maximum atomic E-state index is 6.05. The zero-order valence-electron chi connectivity index (χ0n) is 12.4. The third-order valence-corrected chi connectivity index (χ3v) is 3.29. The van der Waals surface area contributed by atoms with E-state index in [1.807, 2.05) is 0 Å². The lowest BCUT2D eigenvalue weighted by Crippen LogP contribution is -2.22. The summed E-state index contributed by atoms with van der Waals surface area (Å²) in [6.45, 7) is 5.74. The van der Waals surface area contributed by atoms with Crippen molar-refractivity contribution in [1.82, 2.24) is 0 Å². The highest BCUT2D eigenvalue weighted by atomic mass is 16.5. The minimum atomic E-state index is 0.206. The summed E-state index contributed by atoms with van der Waals surface area (Å²) in [6, 6.07) is 6.49. The molecule has 1 aromatic carbocycles. The van der Waals surface area contributed by atoms with Gasteiger partial charge in [-0.25, -0.2) is 0 Å². The molecule has 108 valence electrons. The molecule has 1 rings (SSSR count). The fraction of sp³-hybridized carbons (Fsp3) is 0.625. The summed E-state index contributed by atoms with van der Waals surface area (Å²) in [7, 11) is 1.73. The Bertz CT molecular complexity index is 366. The van der Waals surface area contributed by atoms with Gasteiger partial charge in [0.15, 0.2) is 0 Å². The lowest BCUT2D eigenvalue weighted by Gasteiger charge is -2.16. The molecule has 3 heteroatoms. The van der Waals surface area contributed by atoms with Gasteiger partial charge in [-0.2, -0.15) is 0 Å². The number of unbranched alkanes of at least 4 members (excludes halogenated alkanes) is 1. The number of ether oxygens (including phenoxy) is 2. The van der Waals surface area contributed by atoms with Crippen LogP contribution in [0.1, 0.15) is 37.3 Å². The van der Waals surface area contributed by atoms with Crippen LogP contribution in [0, 0.1) is 6.92 Å². The summed E-state index contributed by atoms with van der Waals surface area (Å²) >= 11 is 0. The van der Waals surface area contributed by atoms with E-state index in [1.165, 1.54) is 11.1 Å². The normalized spacial score (nSPS) is 12.4. The lowest BCUT2D eigenvalue weighted by molar-refractivity contribution is 0.184. The average Bonchev–Trinajstić information content (AvgIpc) is 2.41. The van der Waals surface area contributed by atoms with Gasteiger partial charge < -0.3 is 15.2 Å². The molecule has 2 N–H and O–H groups in total. The van der Waals surface area contributed by atoms with Gasteiger partial charge in [-0.1, -0.05) is 25.1 Å². The summed E-state index contributed by atoms with van der Waals surface area (Å²) in [4.78, 5) is 0. The Morgan fingerprint density at radius 1 is 1.21 bits per heavy atom. The first-order valence-electron chi connectivity index (χ1n) is 7.14. The number of methoxy groups -OCH3 is 1. The lowest BCUT2D eigenvalue weighted by atomic mass is 10.0. The van der Waals surface area contributed by atoms with E-state index in [9.17, 15) is 0 Å². The molecule has 0 amide bonds. The predicted octanol–water partition coefficient (Wildman–Crippen LogP) is 3.08. The van der Waals surface area contributed by atoms with Gasteiger partial charge in [0.2, 0.25) is 0 Å². The Morgan fingerprint density at radius 2 is 1.95 bits per heavy atom. The minimum absolute atomic E-state index is 0.206. The first-order chi connectivity index (χ1) is 9.19. The molecule has 1 aromatic rings. The van der Waals surface area contributed by atoms with Crippen molar-refractivity contribution in [1.29, 1.82) is 0 Å². The van der Waals surface area contributed by atoms with Gasteiger partial charge in [0.05, 0.1) is 6.61 Å². The standard InChI is InChI=1S/C16H27NO2/c1-4-15(17)12-14-9-7-8-13(2)16(14)19-11-6-5-10-18-3/h7-9,15H,4-6,10-12,17H2,1-3H3. The number of hydrogen-bond donors (Lipinski definition) is 1. The maximum absolute atomic E-state index is 6.05. The van der Waals surface area contributed by atoms with Crippen LogP contribution in [-0.4, -0.2) is 26.4 Å². The molecular formula is C16H27NO2. The number of aryl methyl sites for hydroxylation is 1. The van der Waals surface area contributed by atoms with Crippen LogP contribution in [0.5, 0.6) is 5.75 Å². The molecule has 0 saturated carbocycles. The molecule has 3 nitrogen and oxygen atoms in total. The van der Waals surface area contributed by atoms with Gasteiger partial charge in [-0.15, -0.1) is 0 Å². The monoisotopic (exact) mass is 265 g/mol. The predicted molar refractivity (Wildman–Crippen MR) is 79.8 cm³/mol. The largest absolute Gasteiger partial charge is 0.493 e. The van der Waals surface area contributed by atoms with E-state index in [4.69, 9.17) is 15.2 Å². The van der Waals surface area contributed by atoms with Crippen molar-refractivity contribution in [3.05, 3.63) is 29.3 Å². The smallest absolute Gasteiger partial charge is 0.125 e. The second-order valence-corrected chi connectivity index (χ2v) is 4.98. The van der Waals surface area contributed by atoms with Crippen molar-refractivity contribution in [2.45, 2.75) is 45.6 Å². The van der Waals surface area contributed by atoms with Crippen LogP contribution in [0.25, 0.3) is 0 Å². The van der Waals surface area contributed by atoms with E-state index in [1.54, 1.807) is 7.11 Å². The Balaban J connectivity index is 2.59. The molecule has 0 spiro atoms. The van der Waals surface area contributed by atoms with Gasteiger partial charge in [-0.05, 0) is 43.7 Å². The quantitative estimate of drug-likeness (QED) is 0.698. The van der Waals surface area contributed by atoms with E-state index in [0.29, 0.717) is 0 Å². The van der Waals surface area contributed by atoms with Crippen LogP contribution in [0.4, 0.5) is 0 Å². The summed E-state index contributed by atoms with van der Waals surface area (Å²) in [6.07, 6.45) is 3.92. The molecular weight excluding hydrogens is 238 g/mol. The first kappa shape index (κ1) is 16.0. The van der Waals surface area contributed by atoms with Gasteiger partial charge in [-0.3, -0.25) is 0 Å². The Labute approximate surface area is 117 Å². The number of benzene rings is 1. The number of rotatable bonds is 9. The summed E-state index contributed by atoms with van der Waals surface area (Å²) in [5.41, 5.74) is 8.46. The van der Waals surface area contributed by atoms with Crippen molar-refractivity contribution in [3.8, 4) is 5.75 Å². The van der Waals surface area contributed by atoms with Gasteiger partial charge in [0, 0.05) is 19.8 Å². The number of para-hydroxylation sites is 1. The van der Waals surface area contributed by atoms with E-state index >= 15 is 0 Å². The molecule has 1 unspecified atom stereocenters. The third kappa shape index (κ3) is 5.62. The molecule has 1 atom stereocenters. The van der Waals surface area contributed by atoms with Crippen LogP contribution >= 0.6 is 0 Å². The summed E-state index contributed by atoms with van der Waals surface area (Å²) < 4.78 is 11.0. The SMILES string of the molecule is CCC(N)Cc1cccc(C)c1OCCCCOC. The van der Waals surface area contributed by atoms with Crippen molar-refractivity contribution in [2.75, 3.05) is 20.3 Å². The summed E-state index contributed by atoms with van der Waals surface area (Å²) in [5, 5.41) is 0. The van der Waals surface area contributed by atoms with E-state index in [2.05, 4.69) is 32.0 Å².